The molecule has 7 heteroatoms. The van der Waals surface area contributed by atoms with Crippen LogP contribution in [0.5, 0.6) is 0 Å². The van der Waals surface area contributed by atoms with E-state index in [4.69, 9.17) is 21.1 Å². The summed E-state index contributed by atoms with van der Waals surface area (Å²) in [6, 6.07) is -0.0987. The first kappa shape index (κ1) is 15.9. The molecule has 1 heterocycles. The Morgan fingerprint density at radius 1 is 1.42 bits per heavy atom. The maximum absolute atomic E-state index is 11.6. The molecule has 0 aromatic rings. The Bertz CT molecular complexity index is 330. The van der Waals surface area contributed by atoms with E-state index in [1.54, 1.807) is 25.7 Å². The molecule has 110 valence electrons. The zero-order valence-electron chi connectivity index (χ0n) is 11.6. The van der Waals surface area contributed by atoms with E-state index in [0.717, 1.165) is 0 Å². The standard InChI is InChI=1S/C12H21ClN2O4/c1-12(2,3)19-10(16)14-9-4-6-15(8-9)11(17)18-7-5-13/h9H,4-8H2,1-3H3,(H,14,16). The smallest absolute Gasteiger partial charge is 0.409 e. The normalized spacial score (nSPS) is 19.2. The largest absolute Gasteiger partial charge is 0.448 e. The molecular weight excluding hydrogens is 272 g/mol. The van der Waals surface area contributed by atoms with Crippen molar-refractivity contribution in [3.63, 3.8) is 0 Å². The second-order valence-electron chi connectivity index (χ2n) is 5.38. The van der Waals surface area contributed by atoms with Crippen molar-refractivity contribution in [3.05, 3.63) is 0 Å². The number of nitrogens with one attached hydrogen (secondary N) is 1. The van der Waals surface area contributed by atoms with Gasteiger partial charge in [0, 0.05) is 13.1 Å². The zero-order chi connectivity index (χ0) is 14.5. The summed E-state index contributed by atoms with van der Waals surface area (Å²) in [6.45, 7) is 6.59. The van der Waals surface area contributed by atoms with E-state index in [0.29, 0.717) is 19.5 Å². The van der Waals surface area contributed by atoms with E-state index in [2.05, 4.69) is 5.32 Å². The van der Waals surface area contributed by atoms with E-state index in [1.165, 1.54) is 0 Å². The Morgan fingerprint density at radius 3 is 2.68 bits per heavy atom. The van der Waals surface area contributed by atoms with Gasteiger partial charge in [-0.15, -0.1) is 11.6 Å². The van der Waals surface area contributed by atoms with E-state index >= 15 is 0 Å². The fraction of sp³-hybridized carbons (Fsp3) is 0.833. The summed E-state index contributed by atoms with van der Waals surface area (Å²) in [5.74, 6) is 0.277. The maximum atomic E-state index is 11.6. The molecule has 1 aliphatic heterocycles. The minimum atomic E-state index is -0.526. The highest BCUT2D eigenvalue weighted by Gasteiger charge is 2.29. The number of hydrogen-bond acceptors (Lipinski definition) is 4. The summed E-state index contributed by atoms with van der Waals surface area (Å²) in [5.41, 5.74) is -0.526. The lowest BCUT2D eigenvalue weighted by molar-refractivity contribution is 0.0503. The molecule has 0 saturated carbocycles. The number of hydrogen-bond donors (Lipinski definition) is 1. The molecule has 0 aromatic carbocycles. The van der Waals surface area contributed by atoms with Gasteiger partial charge in [-0.3, -0.25) is 0 Å². The highest BCUT2D eigenvalue weighted by molar-refractivity contribution is 6.18. The van der Waals surface area contributed by atoms with Gasteiger partial charge in [-0.2, -0.15) is 0 Å². The molecule has 0 bridgehead atoms. The summed E-state index contributed by atoms with van der Waals surface area (Å²) < 4.78 is 10.1. The van der Waals surface area contributed by atoms with Crippen LogP contribution < -0.4 is 5.32 Å². The fourth-order valence-electron chi connectivity index (χ4n) is 1.74. The van der Waals surface area contributed by atoms with E-state index in [1.807, 2.05) is 0 Å². The molecule has 1 saturated heterocycles. The van der Waals surface area contributed by atoms with E-state index in [-0.39, 0.29) is 18.5 Å². The number of carbonyl (C=O) groups is 2. The SMILES string of the molecule is CC(C)(C)OC(=O)NC1CCN(C(=O)OCCCl)C1. The van der Waals surface area contributed by atoms with Crippen LogP contribution in [0.15, 0.2) is 0 Å². The van der Waals surface area contributed by atoms with Crippen LogP contribution in [0.2, 0.25) is 0 Å². The quantitative estimate of drug-likeness (QED) is 0.808. The van der Waals surface area contributed by atoms with Gasteiger partial charge in [0.05, 0.1) is 11.9 Å². The van der Waals surface area contributed by atoms with Gasteiger partial charge in [0.25, 0.3) is 0 Å². The number of likely N-dealkylation sites (tertiary alicyclic amines) is 1. The number of nitrogens with zero attached hydrogens (tertiary/aromatic N) is 1. The number of alkyl halides is 1. The van der Waals surface area contributed by atoms with Gasteiger partial charge in [0.15, 0.2) is 0 Å². The Hall–Kier alpha value is -1.17. The van der Waals surface area contributed by atoms with Crippen LogP contribution in [-0.4, -0.2) is 54.3 Å². The van der Waals surface area contributed by atoms with Crippen LogP contribution in [0, 0.1) is 0 Å². The third-order valence-corrected chi connectivity index (χ3v) is 2.62. The molecule has 2 amide bonds. The molecule has 1 rings (SSSR count). The van der Waals surface area contributed by atoms with E-state index < -0.39 is 17.8 Å². The van der Waals surface area contributed by atoms with Crippen molar-refractivity contribution in [2.45, 2.75) is 38.8 Å². The molecule has 0 radical (unpaired) electrons. The van der Waals surface area contributed by atoms with Crippen molar-refractivity contribution in [1.82, 2.24) is 10.2 Å². The summed E-state index contributed by atoms with van der Waals surface area (Å²) in [6.07, 6.45) is -0.169. The molecule has 0 aliphatic carbocycles. The number of ether oxygens (including phenoxy) is 2. The molecular formula is C12H21ClN2O4. The third-order valence-electron chi connectivity index (χ3n) is 2.47. The Kier molecular flexibility index (Phi) is 5.72. The predicted molar refractivity (Wildman–Crippen MR) is 71.4 cm³/mol. The topological polar surface area (TPSA) is 67.9 Å². The number of halogens is 1. The first-order valence-electron chi connectivity index (χ1n) is 6.29. The maximum Gasteiger partial charge on any atom is 0.409 e. The lowest BCUT2D eigenvalue weighted by atomic mass is 10.2. The molecule has 19 heavy (non-hydrogen) atoms. The lowest BCUT2D eigenvalue weighted by Gasteiger charge is -2.22. The number of alkyl carbamates (subject to hydrolysis) is 1. The Morgan fingerprint density at radius 2 is 2.11 bits per heavy atom. The molecule has 1 unspecified atom stereocenters. The monoisotopic (exact) mass is 292 g/mol. The van der Waals surface area contributed by atoms with Gasteiger partial charge >= 0.3 is 12.2 Å². The van der Waals surface area contributed by atoms with Crippen molar-refractivity contribution in [2.24, 2.45) is 0 Å². The molecule has 0 aromatic heterocycles. The van der Waals surface area contributed by atoms with Crippen LogP contribution in [-0.2, 0) is 9.47 Å². The number of rotatable bonds is 3. The molecule has 1 fully saturated rings. The van der Waals surface area contributed by atoms with Gasteiger partial charge in [-0.1, -0.05) is 0 Å². The van der Waals surface area contributed by atoms with Crippen molar-refractivity contribution >= 4 is 23.8 Å². The molecule has 1 atom stereocenters. The highest BCUT2D eigenvalue weighted by Crippen LogP contribution is 2.12. The number of amides is 2. The van der Waals surface area contributed by atoms with Gasteiger partial charge in [0.2, 0.25) is 0 Å². The minimum Gasteiger partial charge on any atom is -0.448 e. The summed E-state index contributed by atoms with van der Waals surface area (Å²) in [4.78, 5) is 24.7. The van der Waals surface area contributed by atoms with Crippen LogP contribution in [0.1, 0.15) is 27.2 Å². The molecule has 1 N–H and O–H groups in total. The lowest BCUT2D eigenvalue weighted by Crippen LogP contribution is -2.41. The average Bonchev–Trinajstić information content (AvgIpc) is 2.71. The molecule has 0 spiro atoms. The third kappa shape index (κ3) is 6.00. The summed E-state index contributed by atoms with van der Waals surface area (Å²) in [7, 11) is 0. The minimum absolute atomic E-state index is 0.0987. The summed E-state index contributed by atoms with van der Waals surface area (Å²) >= 11 is 5.44. The van der Waals surface area contributed by atoms with E-state index in [9.17, 15) is 9.59 Å². The average molecular weight is 293 g/mol. The van der Waals surface area contributed by atoms with Crippen LogP contribution in [0.4, 0.5) is 9.59 Å². The van der Waals surface area contributed by atoms with Gasteiger partial charge in [-0.05, 0) is 27.2 Å². The van der Waals surface area contributed by atoms with Crippen molar-refractivity contribution in [1.29, 1.82) is 0 Å². The van der Waals surface area contributed by atoms with Crippen LogP contribution >= 0.6 is 11.6 Å². The van der Waals surface area contributed by atoms with Gasteiger partial charge in [-0.25, -0.2) is 9.59 Å². The first-order valence-corrected chi connectivity index (χ1v) is 6.82. The second kappa shape index (κ2) is 6.84. The Balaban J connectivity index is 2.32. The molecule has 6 nitrogen and oxygen atoms in total. The van der Waals surface area contributed by atoms with Crippen molar-refractivity contribution in [2.75, 3.05) is 25.6 Å². The fourth-order valence-corrected chi connectivity index (χ4v) is 1.81. The highest BCUT2D eigenvalue weighted by atomic mass is 35.5. The van der Waals surface area contributed by atoms with Crippen molar-refractivity contribution in [3.8, 4) is 0 Å². The van der Waals surface area contributed by atoms with Crippen LogP contribution in [0.25, 0.3) is 0 Å². The second-order valence-corrected chi connectivity index (χ2v) is 5.76. The predicted octanol–water partition coefficient (Wildman–Crippen LogP) is 1.96. The summed E-state index contributed by atoms with van der Waals surface area (Å²) in [5, 5.41) is 2.74. The van der Waals surface area contributed by atoms with Gasteiger partial charge < -0.3 is 19.7 Å². The first-order chi connectivity index (χ1) is 8.81. The Labute approximate surface area is 118 Å². The van der Waals surface area contributed by atoms with Crippen molar-refractivity contribution < 1.29 is 19.1 Å². The zero-order valence-corrected chi connectivity index (χ0v) is 12.3. The molecule has 1 aliphatic rings. The van der Waals surface area contributed by atoms with Gasteiger partial charge in [0.1, 0.15) is 12.2 Å². The number of carbonyl (C=O) groups excluding carboxylic acids is 2. The van der Waals surface area contributed by atoms with Crippen LogP contribution in [0.3, 0.4) is 0 Å².